The van der Waals surface area contributed by atoms with Crippen LogP contribution in [0.3, 0.4) is 0 Å². The molecule has 0 saturated heterocycles. The van der Waals surface area contributed by atoms with Crippen LogP contribution in [-0.4, -0.2) is 19.2 Å². The summed E-state index contributed by atoms with van der Waals surface area (Å²) in [6.07, 6.45) is 1.48. The second-order valence-corrected chi connectivity index (χ2v) is 3.36. The summed E-state index contributed by atoms with van der Waals surface area (Å²) in [6, 6.07) is 7.14. The lowest BCUT2D eigenvalue weighted by molar-refractivity contribution is -0.0979. The van der Waals surface area contributed by atoms with Gasteiger partial charge in [0.15, 0.2) is 5.78 Å². The van der Waals surface area contributed by atoms with Gasteiger partial charge in [0.1, 0.15) is 19.1 Å². The smallest absolute Gasteiger partial charge is 0.180 e. The van der Waals surface area contributed by atoms with Gasteiger partial charge in [-0.3, -0.25) is 4.79 Å². The number of hydrogen-bond acceptors (Lipinski definition) is 4. The van der Waals surface area contributed by atoms with Crippen molar-refractivity contribution in [2.45, 2.75) is 13.3 Å². The molecule has 0 saturated carbocycles. The van der Waals surface area contributed by atoms with Crippen LogP contribution in [0.5, 0.6) is 5.75 Å². The van der Waals surface area contributed by atoms with E-state index in [9.17, 15) is 4.79 Å². The first-order valence-electron chi connectivity index (χ1n) is 5.22. The van der Waals surface area contributed by atoms with Crippen LogP contribution in [0, 0.1) is 18.3 Å². The van der Waals surface area contributed by atoms with Crippen molar-refractivity contribution in [3.05, 3.63) is 42.0 Å². The minimum atomic E-state index is -0.221. The highest BCUT2D eigenvalue weighted by molar-refractivity contribution is 5.99. The molecule has 0 N–H and O–H groups in total. The Morgan fingerprint density at radius 2 is 2.17 bits per heavy atom. The summed E-state index contributed by atoms with van der Waals surface area (Å²) in [6.45, 7) is 7.81. The SMILES string of the molecule is C=CCOc1cc(C)ccc1C(=O)CC#N.C=O. The first-order valence-corrected chi connectivity index (χ1v) is 5.22. The third-order valence-corrected chi connectivity index (χ3v) is 2.03. The summed E-state index contributed by atoms with van der Waals surface area (Å²) < 4.78 is 5.39. The number of nitrogens with zero attached hydrogens (tertiary/aromatic N) is 1. The highest BCUT2D eigenvalue weighted by atomic mass is 16.5. The van der Waals surface area contributed by atoms with Gasteiger partial charge in [-0.15, -0.1) is 0 Å². The molecule has 0 aromatic heterocycles. The number of hydrogen-bond donors (Lipinski definition) is 0. The normalized spacial score (nSPS) is 8.44. The van der Waals surface area contributed by atoms with Gasteiger partial charge >= 0.3 is 0 Å². The van der Waals surface area contributed by atoms with Crippen LogP contribution in [0.4, 0.5) is 0 Å². The van der Waals surface area contributed by atoms with Crippen molar-refractivity contribution in [1.82, 2.24) is 0 Å². The van der Waals surface area contributed by atoms with Gasteiger partial charge in [0.2, 0.25) is 0 Å². The van der Waals surface area contributed by atoms with Gasteiger partial charge in [-0.25, -0.2) is 0 Å². The first-order chi connectivity index (χ1) is 8.69. The first kappa shape index (κ1) is 15.6. The standard InChI is InChI=1S/C13H13NO2.CH2O/c1-3-8-16-13-9-10(2)4-5-11(13)12(15)6-7-14;1-2/h3-5,9H,1,6,8H2,2H3;1H2. The Labute approximate surface area is 106 Å². The summed E-state index contributed by atoms with van der Waals surface area (Å²) in [5.41, 5.74) is 1.46. The van der Waals surface area contributed by atoms with Crippen molar-refractivity contribution in [2.75, 3.05) is 6.61 Å². The zero-order valence-electron chi connectivity index (χ0n) is 10.3. The van der Waals surface area contributed by atoms with Crippen molar-refractivity contribution in [3.8, 4) is 11.8 Å². The molecule has 0 fully saturated rings. The highest BCUT2D eigenvalue weighted by Crippen LogP contribution is 2.21. The predicted molar refractivity (Wildman–Crippen MR) is 68.6 cm³/mol. The molecular formula is C14H15NO3. The highest BCUT2D eigenvalue weighted by Gasteiger charge is 2.11. The molecule has 0 unspecified atom stereocenters. The molecule has 0 spiro atoms. The minimum Gasteiger partial charge on any atom is -0.489 e. The number of aryl methyl sites for hydroxylation is 1. The van der Waals surface area contributed by atoms with E-state index in [1.54, 1.807) is 18.2 Å². The Bertz CT molecular complexity index is 461. The zero-order valence-corrected chi connectivity index (χ0v) is 10.3. The monoisotopic (exact) mass is 245 g/mol. The lowest BCUT2D eigenvalue weighted by atomic mass is 10.1. The van der Waals surface area contributed by atoms with Crippen molar-refractivity contribution < 1.29 is 14.3 Å². The van der Waals surface area contributed by atoms with E-state index in [0.29, 0.717) is 17.9 Å². The molecule has 0 radical (unpaired) electrons. The molecule has 18 heavy (non-hydrogen) atoms. The fraction of sp³-hybridized carbons (Fsp3) is 0.214. The quantitative estimate of drug-likeness (QED) is 0.590. The van der Waals surface area contributed by atoms with Gasteiger partial charge < -0.3 is 9.53 Å². The number of benzene rings is 1. The van der Waals surface area contributed by atoms with Crippen LogP contribution >= 0.6 is 0 Å². The lowest BCUT2D eigenvalue weighted by Gasteiger charge is -2.09. The topological polar surface area (TPSA) is 67.2 Å². The lowest BCUT2D eigenvalue weighted by Crippen LogP contribution is -2.03. The average Bonchev–Trinajstić information content (AvgIpc) is 2.39. The van der Waals surface area contributed by atoms with Gasteiger partial charge in [-0.2, -0.15) is 5.26 Å². The van der Waals surface area contributed by atoms with E-state index in [-0.39, 0.29) is 12.2 Å². The number of rotatable bonds is 5. The molecule has 1 aromatic rings. The molecule has 0 heterocycles. The molecule has 4 nitrogen and oxygen atoms in total. The Morgan fingerprint density at radius 3 is 2.72 bits per heavy atom. The molecule has 0 aliphatic rings. The van der Waals surface area contributed by atoms with E-state index in [0.717, 1.165) is 5.56 Å². The van der Waals surface area contributed by atoms with E-state index in [4.69, 9.17) is 14.8 Å². The van der Waals surface area contributed by atoms with E-state index < -0.39 is 0 Å². The van der Waals surface area contributed by atoms with E-state index in [1.165, 1.54) is 0 Å². The fourth-order valence-corrected chi connectivity index (χ4v) is 1.30. The van der Waals surface area contributed by atoms with Crippen LogP contribution in [0.1, 0.15) is 22.3 Å². The molecule has 1 aromatic carbocycles. The molecule has 4 heteroatoms. The molecule has 0 atom stereocenters. The maximum atomic E-state index is 11.6. The Kier molecular flexibility index (Phi) is 7.54. The molecule has 1 rings (SSSR count). The van der Waals surface area contributed by atoms with Gasteiger partial charge in [-0.05, 0) is 24.6 Å². The van der Waals surface area contributed by atoms with Gasteiger partial charge in [0.25, 0.3) is 0 Å². The Hall–Kier alpha value is -2.41. The molecule has 0 amide bonds. The van der Waals surface area contributed by atoms with Crippen LogP contribution in [0.25, 0.3) is 0 Å². The van der Waals surface area contributed by atoms with Crippen molar-refractivity contribution in [2.24, 2.45) is 0 Å². The molecular weight excluding hydrogens is 230 g/mol. The summed E-state index contributed by atoms with van der Waals surface area (Å²) in [5, 5.41) is 8.49. The predicted octanol–water partition coefficient (Wildman–Crippen LogP) is 2.47. The third kappa shape index (κ3) is 4.62. The molecule has 0 aliphatic heterocycles. The van der Waals surface area contributed by atoms with Crippen molar-refractivity contribution in [1.29, 1.82) is 5.26 Å². The number of carbonyl (C=O) groups is 2. The number of Topliss-reactive ketones (excluding diaryl/α,β-unsaturated/α-hetero) is 1. The van der Waals surface area contributed by atoms with Crippen molar-refractivity contribution >= 4 is 12.6 Å². The minimum absolute atomic E-state index is 0.131. The molecule has 0 aliphatic carbocycles. The summed E-state index contributed by atoms with van der Waals surface area (Å²) >= 11 is 0. The van der Waals surface area contributed by atoms with Gasteiger partial charge in [-0.1, -0.05) is 18.7 Å². The second-order valence-electron chi connectivity index (χ2n) is 3.36. The van der Waals surface area contributed by atoms with Crippen molar-refractivity contribution in [3.63, 3.8) is 0 Å². The molecule has 0 bridgehead atoms. The fourth-order valence-electron chi connectivity index (χ4n) is 1.30. The molecule has 94 valence electrons. The Morgan fingerprint density at radius 1 is 1.50 bits per heavy atom. The zero-order chi connectivity index (χ0) is 14.0. The summed E-state index contributed by atoms with van der Waals surface area (Å²) in [4.78, 5) is 19.6. The summed E-state index contributed by atoms with van der Waals surface area (Å²) in [5.74, 6) is 0.293. The second kappa shape index (κ2) is 8.71. The number of nitriles is 1. The van der Waals surface area contributed by atoms with E-state index >= 15 is 0 Å². The van der Waals surface area contributed by atoms with Gasteiger partial charge in [0, 0.05) is 0 Å². The summed E-state index contributed by atoms with van der Waals surface area (Å²) in [7, 11) is 0. The van der Waals surface area contributed by atoms with E-state index in [2.05, 4.69) is 6.58 Å². The third-order valence-electron chi connectivity index (χ3n) is 2.03. The van der Waals surface area contributed by atoms with Gasteiger partial charge in [0.05, 0.1) is 18.1 Å². The Balaban J connectivity index is 0.00000137. The van der Waals surface area contributed by atoms with Crippen LogP contribution in [-0.2, 0) is 4.79 Å². The van der Waals surface area contributed by atoms with Crippen LogP contribution in [0.2, 0.25) is 0 Å². The van der Waals surface area contributed by atoms with Crippen LogP contribution < -0.4 is 4.74 Å². The number of ether oxygens (including phenoxy) is 1. The number of ketones is 1. The van der Waals surface area contributed by atoms with Crippen LogP contribution in [0.15, 0.2) is 30.9 Å². The average molecular weight is 245 g/mol. The van der Waals surface area contributed by atoms with E-state index in [1.807, 2.05) is 25.8 Å². The largest absolute Gasteiger partial charge is 0.489 e. The maximum absolute atomic E-state index is 11.6. The maximum Gasteiger partial charge on any atom is 0.180 e. The number of carbonyl (C=O) groups excluding carboxylic acids is 2.